The number of aryl methyl sites for hydroxylation is 1. The van der Waals surface area contributed by atoms with Crippen molar-refractivity contribution in [2.75, 3.05) is 0 Å². The Hall–Kier alpha value is -1.85. The normalized spacial score (nSPS) is 10.3. The zero-order chi connectivity index (χ0) is 13.8. The summed E-state index contributed by atoms with van der Waals surface area (Å²) in [5.41, 5.74) is 2.09. The predicted octanol–water partition coefficient (Wildman–Crippen LogP) is 1.39. The minimum atomic E-state index is -1.76. The molecular weight excluding hydrogens is 246 g/mol. The second kappa shape index (κ2) is 5.86. The standard InChI is InChI=1S/C14H14BFO3/c1-10-4-2-3-5-11(10)9-19-14-7-6-12(16)8-13(14)15(17)18/h2-8,17-18H,9H2,1H3. The van der Waals surface area contributed by atoms with Crippen LogP contribution in [0.25, 0.3) is 0 Å². The van der Waals surface area contributed by atoms with E-state index in [9.17, 15) is 14.4 Å². The SMILES string of the molecule is Cc1ccccc1COc1ccc(F)cc1B(O)O. The van der Waals surface area contributed by atoms with Gasteiger partial charge in [0, 0.05) is 5.46 Å². The molecule has 19 heavy (non-hydrogen) atoms. The summed E-state index contributed by atoms with van der Waals surface area (Å²) in [6, 6.07) is 11.4. The molecule has 0 heterocycles. The van der Waals surface area contributed by atoms with E-state index in [1.54, 1.807) is 0 Å². The Morgan fingerprint density at radius 2 is 1.89 bits per heavy atom. The highest BCUT2D eigenvalue weighted by atomic mass is 19.1. The van der Waals surface area contributed by atoms with Crippen molar-refractivity contribution >= 4 is 12.6 Å². The van der Waals surface area contributed by atoms with Crippen LogP contribution in [0.3, 0.4) is 0 Å². The van der Waals surface area contributed by atoms with E-state index in [4.69, 9.17) is 4.74 Å². The monoisotopic (exact) mass is 260 g/mol. The van der Waals surface area contributed by atoms with Crippen LogP contribution in [0.1, 0.15) is 11.1 Å². The van der Waals surface area contributed by atoms with Crippen LogP contribution < -0.4 is 10.2 Å². The average molecular weight is 260 g/mol. The van der Waals surface area contributed by atoms with Crippen molar-refractivity contribution in [1.82, 2.24) is 0 Å². The van der Waals surface area contributed by atoms with Gasteiger partial charge in [-0.2, -0.15) is 0 Å². The van der Waals surface area contributed by atoms with Gasteiger partial charge in [-0.05, 0) is 36.2 Å². The van der Waals surface area contributed by atoms with Crippen molar-refractivity contribution in [2.24, 2.45) is 0 Å². The van der Waals surface area contributed by atoms with Crippen LogP contribution in [0.15, 0.2) is 42.5 Å². The van der Waals surface area contributed by atoms with Crippen LogP contribution >= 0.6 is 0 Å². The van der Waals surface area contributed by atoms with Crippen molar-refractivity contribution < 1.29 is 19.2 Å². The highest BCUT2D eigenvalue weighted by molar-refractivity contribution is 6.59. The second-order valence-corrected chi connectivity index (χ2v) is 4.27. The van der Waals surface area contributed by atoms with E-state index in [1.165, 1.54) is 12.1 Å². The van der Waals surface area contributed by atoms with E-state index < -0.39 is 12.9 Å². The third kappa shape index (κ3) is 3.33. The minimum Gasteiger partial charge on any atom is -0.489 e. The van der Waals surface area contributed by atoms with Crippen LogP contribution in [0.2, 0.25) is 0 Å². The van der Waals surface area contributed by atoms with Gasteiger partial charge in [0.05, 0.1) is 0 Å². The summed E-state index contributed by atoms with van der Waals surface area (Å²) in [5, 5.41) is 18.4. The molecule has 0 aliphatic heterocycles. The summed E-state index contributed by atoms with van der Waals surface area (Å²) in [6.45, 7) is 2.25. The van der Waals surface area contributed by atoms with Crippen molar-refractivity contribution in [3.8, 4) is 5.75 Å². The van der Waals surface area contributed by atoms with Gasteiger partial charge in [0.1, 0.15) is 18.2 Å². The molecule has 2 N–H and O–H groups in total. The Kier molecular flexibility index (Phi) is 4.19. The molecule has 3 nitrogen and oxygen atoms in total. The summed E-state index contributed by atoms with van der Waals surface area (Å²) in [7, 11) is -1.76. The summed E-state index contributed by atoms with van der Waals surface area (Å²) in [6.07, 6.45) is 0. The van der Waals surface area contributed by atoms with Crippen LogP contribution in [0, 0.1) is 12.7 Å². The molecule has 0 unspecified atom stereocenters. The molecule has 0 saturated heterocycles. The lowest BCUT2D eigenvalue weighted by atomic mass is 9.79. The highest BCUT2D eigenvalue weighted by Crippen LogP contribution is 2.14. The topological polar surface area (TPSA) is 49.7 Å². The summed E-state index contributed by atoms with van der Waals surface area (Å²) in [4.78, 5) is 0. The zero-order valence-electron chi connectivity index (χ0n) is 10.5. The minimum absolute atomic E-state index is 0.0218. The van der Waals surface area contributed by atoms with Gasteiger partial charge < -0.3 is 14.8 Å². The largest absolute Gasteiger partial charge is 0.492 e. The van der Waals surface area contributed by atoms with Gasteiger partial charge in [-0.3, -0.25) is 0 Å². The molecule has 0 aromatic heterocycles. The molecular formula is C14H14BFO3. The Labute approximate surface area is 111 Å². The zero-order valence-corrected chi connectivity index (χ0v) is 10.5. The lowest BCUT2D eigenvalue weighted by Gasteiger charge is -2.12. The Bertz CT molecular complexity index is 572. The number of halogens is 1. The molecule has 2 rings (SSSR count). The van der Waals surface area contributed by atoms with Crippen molar-refractivity contribution in [1.29, 1.82) is 0 Å². The van der Waals surface area contributed by atoms with Crippen LogP contribution in [-0.2, 0) is 6.61 Å². The fraction of sp³-hybridized carbons (Fsp3) is 0.143. The quantitative estimate of drug-likeness (QED) is 0.817. The Morgan fingerprint density at radius 3 is 2.58 bits per heavy atom. The highest BCUT2D eigenvalue weighted by Gasteiger charge is 2.18. The van der Waals surface area contributed by atoms with E-state index in [0.717, 1.165) is 17.2 Å². The first-order valence-corrected chi connectivity index (χ1v) is 5.91. The molecule has 0 aliphatic rings. The van der Waals surface area contributed by atoms with Gasteiger partial charge >= 0.3 is 7.12 Å². The van der Waals surface area contributed by atoms with Gasteiger partial charge in [0.25, 0.3) is 0 Å². The van der Waals surface area contributed by atoms with E-state index >= 15 is 0 Å². The maximum atomic E-state index is 13.1. The van der Waals surface area contributed by atoms with E-state index in [2.05, 4.69) is 0 Å². The third-order valence-electron chi connectivity index (χ3n) is 2.89. The van der Waals surface area contributed by atoms with Gasteiger partial charge in [-0.25, -0.2) is 4.39 Å². The van der Waals surface area contributed by atoms with E-state index in [1.807, 2.05) is 31.2 Å². The first kappa shape index (κ1) is 13.6. The van der Waals surface area contributed by atoms with Gasteiger partial charge in [-0.1, -0.05) is 24.3 Å². The first-order valence-electron chi connectivity index (χ1n) is 5.91. The smallest absolute Gasteiger partial charge is 0.489 e. The Balaban J connectivity index is 2.18. The molecule has 0 atom stereocenters. The van der Waals surface area contributed by atoms with Crippen LogP contribution in [-0.4, -0.2) is 17.2 Å². The van der Waals surface area contributed by atoms with Crippen LogP contribution in [0.5, 0.6) is 5.75 Å². The molecule has 5 heteroatoms. The Morgan fingerprint density at radius 1 is 1.16 bits per heavy atom. The molecule has 98 valence electrons. The molecule has 0 radical (unpaired) electrons. The van der Waals surface area contributed by atoms with Crippen molar-refractivity contribution in [3.63, 3.8) is 0 Å². The van der Waals surface area contributed by atoms with Gasteiger partial charge in [0.15, 0.2) is 0 Å². The molecule has 0 saturated carbocycles. The first-order chi connectivity index (χ1) is 9.08. The van der Waals surface area contributed by atoms with E-state index in [-0.39, 0.29) is 17.8 Å². The number of benzene rings is 2. The lowest BCUT2D eigenvalue weighted by Crippen LogP contribution is -2.31. The third-order valence-corrected chi connectivity index (χ3v) is 2.89. The maximum absolute atomic E-state index is 13.1. The van der Waals surface area contributed by atoms with E-state index in [0.29, 0.717) is 0 Å². The number of rotatable bonds is 4. The number of ether oxygens (including phenoxy) is 1. The molecule has 2 aromatic carbocycles. The van der Waals surface area contributed by atoms with Gasteiger partial charge in [-0.15, -0.1) is 0 Å². The van der Waals surface area contributed by atoms with Gasteiger partial charge in [0.2, 0.25) is 0 Å². The lowest BCUT2D eigenvalue weighted by molar-refractivity contribution is 0.305. The second-order valence-electron chi connectivity index (χ2n) is 4.27. The van der Waals surface area contributed by atoms with Crippen molar-refractivity contribution in [3.05, 3.63) is 59.4 Å². The molecule has 0 fully saturated rings. The molecule has 0 spiro atoms. The average Bonchev–Trinajstić information content (AvgIpc) is 2.38. The molecule has 2 aromatic rings. The molecule has 0 amide bonds. The van der Waals surface area contributed by atoms with Crippen LogP contribution in [0.4, 0.5) is 4.39 Å². The molecule has 0 aliphatic carbocycles. The summed E-state index contributed by atoms with van der Waals surface area (Å²) >= 11 is 0. The fourth-order valence-electron chi connectivity index (χ4n) is 1.78. The summed E-state index contributed by atoms with van der Waals surface area (Å²) in [5.74, 6) is -0.272. The summed E-state index contributed by atoms with van der Waals surface area (Å²) < 4.78 is 18.6. The number of hydrogen-bond acceptors (Lipinski definition) is 3. The number of hydrogen-bond donors (Lipinski definition) is 2. The fourth-order valence-corrected chi connectivity index (χ4v) is 1.78. The predicted molar refractivity (Wildman–Crippen MR) is 71.7 cm³/mol. The molecule has 0 bridgehead atoms. The van der Waals surface area contributed by atoms with Crippen molar-refractivity contribution in [2.45, 2.75) is 13.5 Å². The maximum Gasteiger partial charge on any atom is 0.492 e.